The first-order valence-corrected chi connectivity index (χ1v) is 7.17. The number of aromatic nitrogens is 2. The van der Waals surface area contributed by atoms with E-state index in [1.165, 1.54) is 43.1 Å². The van der Waals surface area contributed by atoms with Crippen LogP contribution in [0.2, 0.25) is 0 Å². The second kappa shape index (κ2) is 6.69. The number of benzene rings is 1. The number of nitrogens with zero attached hydrogens (tertiary/aromatic N) is 2. The molecule has 0 fully saturated rings. The highest BCUT2D eigenvalue weighted by Crippen LogP contribution is 2.19. The minimum atomic E-state index is -1.25. The van der Waals surface area contributed by atoms with Gasteiger partial charge in [0.1, 0.15) is 0 Å². The molecule has 24 heavy (non-hydrogen) atoms. The molecule has 128 valence electrons. The Hall–Kier alpha value is -2.90. The first-order valence-electron chi connectivity index (χ1n) is 7.17. The lowest BCUT2D eigenvalue weighted by atomic mass is 10.1. The maximum atomic E-state index is 13.5. The van der Waals surface area contributed by atoms with Gasteiger partial charge < -0.3 is 15.2 Å². The summed E-state index contributed by atoms with van der Waals surface area (Å²) >= 11 is 0. The molecule has 8 heteroatoms. The van der Waals surface area contributed by atoms with Crippen LogP contribution in [0.25, 0.3) is 0 Å². The quantitative estimate of drug-likeness (QED) is 0.844. The van der Waals surface area contributed by atoms with E-state index < -0.39 is 23.2 Å². The lowest BCUT2D eigenvalue weighted by Gasteiger charge is -2.19. The summed E-state index contributed by atoms with van der Waals surface area (Å²) < 4.78 is 19.9. The number of hydrogen-bond acceptors (Lipinski definition) is 4. The molecule has 0 unspecified atom stereocenters. The molecular weight excluding hydrogens is 317 g/mol. The van der Waals surface area contributed by atoms with Crippen molar-refractivity contribution in [1.29, 1.82) is 0 Å². The molecule has 1 aromatic heterocycles. The van der Waals surface area contributed by atoms with Crippen molar-refractivity contribution in [3.05, 3.63) is 42.0 Å². The van der Waals surface area contributed by atoms with E-state index in [2.05, 4.69) is 10.4 Å². The van der Waals surface area contributed by atoms with Crippen LogP contribution in [0.1, 0.15) is 19.4 Å². The average Bonchev–Trinajstić information content (AvgIpc) is 2.97. The number of halogens is 1. The molecule has 0 atom stereocenters. The van der Waals surface area contributed by atoms with E-state index in [4.69, 9.17) is 9.84 Å². The van der Waals surface area contributed by atoms with E-state index in [1.54, 1.807) is 13.0 Å². The van der Waals surface area contributed by atoms with Crippen LogP contribution in [0.5, 0.6) is 5.75 Å². The summed E-state index contributed by atoms with van der Waals surface area (Å²) in [6, 6.07) is 4.36. The minimum Gasteiger partial charge on any atom is -0.481 e. The van der Waals surface area contributed by atoms with Crippen molar-refractivity contribution in [2.24, 2.45) is 0 Å². The molecule has 0 aliphatic rings. The first kappa shape index (κ1) is 17.5. The van der Waals surface area contributed by atoms with Gasteiger partial charge in [-0.1, -0.05) is 6.07 Å². The molecule has 0 radical (unpaired) electrons. The summed E-state index contributed by atoms with van der Waals surface area (Å²) in [7, 11) is 0. The highest BCUT2D eigenvalue weighted by atomic mass is 19.1. The van der Waals surface area contributed by atoms with E-state index in [-0.39, 0.29) is 12.4 Å². The van der Waals surface area contributed by atoms with Crippen LogP contribution in [0, 0.1) is 12.7 Å². The highest BCUT2D eigenvalue weighted by Gasteiger charge is 2.30. The standard InChI is InChI=1S/C16H18FN3O4/c1-10-4-5-12(17)13(6-10)24-9-14(21)19-11-7-18-20(8-11)16(2,3)15(22)23/h4-8H,9H2,1-3H3,(H,19,21)(H,22,23). The van der Waals surface area contributed by atoms with Crippen molar-refractivity contribution in [3.8, 4) is 5.75 Å². The molecule has 0 saturated heterocycles. The molecule has 0 aliphatic heterocycles. The van der Waals surface area contributed by atoms with Crippen LogP contribution in [0.15, 0.2) is 30.6 Å². The van der Waals surface area contributed by atoms with Crippen LogP contribution in [0.4, 0.5) is 10.1 Å². The Bertz CT molecular complexity index is 770. The molecule has 0 spiro atoms. The second-order valence-electron chi connectivity index (χ2n) is 5.81. The normalized spacial score (nSPS) is 11.2. The first-order chi connectivity index (χ1) is 11.2. The van der Waals surface area contributed by atoms with Gasteiger partial charge in [0.15, 0.2) is 23.7 Å². The summed E-state index contributed by atoms with van der Waals surface area (Å²) in [6.07, 6.45) is 2.73. The zero-order valence-corrected chi connectivity index (χ0v) is 13.5. The van der Waals surface area contributed by atoms with Crippen molar-refractivity contribution in [2.75, 3.05) is 11.9 Å². The van der Waals surface area contributed by atoms with Gasteiger partial charge >= 0.3 is 5.97 Å². The number of amides is 1. The third-order valence-electron chi connectivity index (χ3n) is 3.41. The fourth-order valence-corrected chi connectivity index (χ4v) is 1.85. The third-order valence-corrected chi connectivity index (χ3v) is 3.41. The molecule has 1 amide bonds. The molecule has 2 aromatic rings. The van der Waals surface area contributed by atoms with E-state index >= 15 is 0 Å². The lowest BCUT2D eigenvalue weighted by molar-refractivity contribution is -0.146. The van der Waals surface area contributed by atoms with E-state index in [9.17, 15) is 14.0 Å². The highest BCUT2D eigenvalue weighted by molar-refractivity contribution is 5.91. The number of carboxylic acid groups (broad SMARTS) is 1. The average molecular weight is 335 g/mol. The van der Waals surface area contributed by atoms with Gasteiger partial charge in [-0.3, -0.25) is 9.48 Å². The topological polar surface area (TPSA) is 93.5 Å². The van der Waals surface area contributed by atoms with Gasteiger partial charge in [0, 0.05) is 6.20 Å². The number of carbonyl (C=O) groups is 2. The molecule has 1 aromatic carbocycles. The van der Waals surface area contributed by atoms with Crippen molar-refractivity contribution in [2.45, 2.75) is 26.3 Å². The maximum Gasteiger partial charge on any atom is 0.331 e. The fraction of sp³-hybridized carbons (Fsp3) is 0.312. The predicted octanol–water partition coefficient (Wildman–Crippen LogP) is 2.17. The number of carboxylic acids is 1. The number of ether oxygens (including phenoxy) is 1. The molecular formula is C16H18FN3O4. The summed E-state index contributed by atoms with van der Waals surface area (Å²) in [5.41, 5.74) is -0.115. The Balaban J connectivity index is 1.97. The predicted molar refractivity (Wildman–Crippen MR) is 84.4 cm³/mol. The summed E-state index contributed by atoms with van der Waals surface area (Å²) in [4.78, 5) is 23.0. The van der Waals surface area contributed by atoms with Crippen molar-refractivity contribution in [1.82, 2.24) is 9.78 Å². The Morgan fingerprint density at radius 2 is 2.12 bits per heavy atom. The number of rotatable bonds is 6. The molecule has 0 bridgehead atoms. The Morgan fingerprint density at radius 3 is 2.79 bits per heavy atom. The number of aryl methyl sites for hydroxylation is 1. The molecule has 0 aliphatic carbocycles. The molecule has 2 N–H and O–H groups in total. The van der Waals surface area contributed by atoms with Crippen LogP contribution >= 0.6 is 0 Å². The number of aliphatic carboxylic acids is 1. The SMILES string of the molecule is Cc1ccc(F)c(OCC(=O)Nc2cnn(C(C)(C)C(=O)O)c2)c1. The van der Waals surface area contributed by atoms with Gasteiger partial charge in [-0.15, -0.1) is 0 Å². The van der Waals surface area contributed by atoms with Crippen molar-refractivity contribution in [3.63, 3.8) is 0 Å². The van der Waals surface area contributed by atoms with Gasteiger partial charge in [0.2, 0.25) is 0 Å². The van der Waals surface area contributed by atoms with Crippen LogP contribution in [-0.2, 0) is 15.1 Å². The minimum absolute atomic E-state index is 0.00662. The van der Waals surface area contributed by atoms with E-state index in [0.29, 0.717) is 5.69 Å². The van der Waals surface area contributed by atoms with Gasteiger partial charge in [0.25, 0.3) is 5.91 Å². The van der Waals surface area contributed by atoms with Gasteiger partial charge in [0.05, 0.1) is 11.9 Å². The summed E-state index contributed by atoms with van der Waals surface area (Å²) in [6.45, 7) is 4.37. The zero-order chi connectivity index (χ0) is 17.9. The third kappa shape index (κ3) is 3.89. The van der Waals surface area contributed by atoms with Crippen LogP contribution < -0.4 is 10.1 Å². The number of carbonyl (C=O) groups excluding carboxylic acids is 1. The van der Waals surface area contributed by atoms with Crippen molar-refractivity contribution < 1.29 is 23.8 Å². The summed E-state index contributed by atoms with van der Waals surface area (Å²) in [5, 5.41) is 15.6. The number of anilines is 1. The monoisotopic (exact) mass is 335 g/mol. The molecule has 0 saturated carbocycles. The zero-order valence-electron chi connectivity index (χ0n) is 13.5. The Kier molecular flexibility index (Phi) is 4.87. The Labute approximate surface area is 138 Å². The lowest BCUT2D eigenvalue weighted by Crippen LogP contribution is -2.35. The second-order valence-corrected chi connectivity index (χ2v) is 5.81. The fourth-order valence-electron chi connectivity index (χ4n) is 1.85. The van der Waals surface area contributed by atoms with Crippen molar-refractivity contribution >= 4 is 17.6 Å². The summed E-state index contributed by atoms with van der Waals surface area (Å²) in [5.74, 6) is -2.12. The number of hydrogen-bond donors (Lipinski definition) is 2. The van der Waals surface area contributed by atoms with Crippen LogP contribution in [0.3, 0.4) is 0 Å². The molecule has 2 rings (SSSR count). The molecule has 1 heterocycles. The Morgan fingerprint density at radius 1 is 1.42 bits per heavy atom. The van der Waals surface area contributed by atoms with E-state index in [1.807, 2.05) is 0 Å². The van der Waals surface area contributed by atoms with E-state index in [0.717, 1.165) is 5.56 Å². The van der Waals surface area contributed by atoms with Gasteiger partial charge in [-0.05, 0) is 38.5 Å². The van der Waals surface area contributed by atoms with Gasteiger partial charge in [-0.25, -0.2) is 9.18 Å². The smallest absolute Gasteiger partial charge is 0.331 e. The molecule has 7 nitrogen and oxygen atoms in total. The van der Waals surface area contributed by atoms with Crippen LogP contribution in [-0.4, -0.2) is 33.4 Å². The van der Waals surface area contributed by atoms with Gasteiger partial charge in [-0.2, -0.15) is 5.10 Å². The maximum absolute atomic E-state index is 13.5. The number of nitrogens with one attached hydrogen (secondary N) is 1. The largest absolute Gasteiger partial charge is 0.481 e.